The first kappa shape index (κ1) is 25.9. The van der Waals surface area contributed by atoms with Gasteiger partial charge in [0.15, 0.2) is 0 Å². The monoisotopic (exact) mass is 510 g/mol. The molecule has 2 aromatic carbocycles. The van der Waals surface area contributed by atoms with Crippen molar-refractivity contribution in [3.63, 3.8) is 0 Å². The molecule has 190 valence electrons. The van der Waals surface area contributed by atoms with E-state index in [4.69, 9.17) is 4.74 Å². The molecule has 2 heterocycles. The third-order valence-corrected chi connectivity index (χ3v) is 7.20. The summed E-state index contributed by atoms with van der Waals surface area (Å²) in [5, 5.41) is 12.8. The molecule has 1 amide bonds. The molecule has 3 aromatic rings. The minimum absolute atomic E-state index is 0.0216. The topological polar surface area (TPSA) is 84.4 Å². The van der Waals surface area contributed by atoms with Gasteiger partial charge in [-0.15, -0.1) is 10.2 Å². The van der Waals surface area contributed by atoms with Crippen LogP contribution in [0.2, 0.25) is 0 Å². The molecule has 7 nitrogen and oxygen atoms in total. The molecule has 0 aliphatic carbocycles. The maximum atomic E-state index is 14.3. The summed E-state index contributed by atoms with van der Waals surface area (Å²) in [6.45, 7) is 4.98. The van der Waals surface area contributed by atoms with E-state index < -0.39 is 11.7 Å². The maximum Gasteiger partial charge on any atom is 0.306 e. The number of unbranched alkanes of at least 4 members (excludes halogenated alkanes) is 1. The second-order valence-electron chi connectivity index (χ2n) is 8.91. The maximum absolute atomic E-state index is 14.3. The highest BCUT2D eigenvalue weighted by Crippen LogP contribution is 2.30. The van der Waals surface area contributed by atoms with Gasteiger partial charge in [-0.25, -0.2) is 4.39 Å². The van der Waals surface area contributed by atoms with Crippen molar-refractivity contribution < 1.29 is 18.7 Å². The van der Waals surface area contributed by atoms with E-state index >= 15 is 0 Å². The number of hydrogen-bond acceptors (Lipinski definition) is 7. The lowest BCUT2D eigenvalue weighted by atomic mass is 10.0. The second-order valence-corrected chi connectivity index (χ2v) is 9.87. The van der Waals surface area contributed by atoms with E-state index in [1.165, 1.54) is 28.4 Å². The number of aromatic nitrogens is 2. The highest BCUT2D eigenvalue weighted by molar-refractivity contribution is 7.18. The number of ether oxygens (including phenoxy) is 1. The standard InChI is InChI=1S/C27H31FN4O3S/c1-2-3-15-32(26(34)22-6-4-5-7-23(22)28)27-31-30-25(36-27)21-11-8-19(9-12-21)10-13-24(33)35-16-14-20-17-29-18-20/h4-9,11-12,20,29H,2-3,10,13-18H2,1H3. The SMILES string of the molecule is CCCCN(C(=O)c1ccccc1F)c1nnc(-c2ccc(CCC(=O)OCCC3CNC3)cc2)s1. The molecule has 0 spiro atoms. The van der Waals surface area contributed by atoms with E-state index in [1.807, 2.05) is 31.2 Å². The van der Waals surface area contributed by atoms with Crippen molar-refractivity contribution in [2.24, 2.45) is 5.92 Å². The Morgan fingerprint density at radius 1 is 1.14 bits per heavy atom. The van der Waals surface area contributed by atoms with Crippen LogP contribution < -0.4 is 10.2 Å². The van der Waals surface area contributed by atoms with Crippen LogP contribution in [0, 0.1) is 11.7 Å². The summed E-state index contributed by atoms with van der Waals surface area (Å²) in [4.78, 5) is 26.6. The van der Waals surface area contributed by atoms with Gasteiger partial charge in [0.05, 0.1) is 12.2 Å². The first-order valence-electron chi connectivity index (χ1n) is 12.4. The molecule has 1 aliphatic heterocycles. The quantitative estimate of drug-likeness (QED) is 0.350. The Labute approximate surface area is 214 Å². The lowest BCUT2D eigenvalue weighted by molar-refractivity contribution is -0.144. The lowest BCUT2D eigenvalue weighted by Gasteiger charge is -2.26. The van der Waals surface area contributed by atoms with Gasteiger partial charge < -0.3 is 10.1 Å². The Morgan fingerprint density at radius 2 is 1.92 bits per heavy atom. The predicted molar refractivity (Wildman–Crippen MR) is 139 cm³/mol. The first-order valence-corrected chi connectivity index (χ1v) is 13.2. The van der Waals surface area contributed by atoms with Crippen LogP contribution in [0.15, 0.2) is 48.5 Å². The van der Waals surface area contributed by atoms with Crippen molar-refractivity contribution in [2.75, 3.05) is 31.1 Å². The van der Waals surface area contributed by atoms with Crippen LogP contribution in [0.4, 0.5) is 9.52 Å². The molecule has 0 bridgehead atoms. The Hall–Kier alpha value is -3.17. The predicted octanol–water partition coefficient (Wildman–Crippen LogP) is 4.88. The number of hydrogen-bond donors (Lipinski definition) is 1. The number of carbonyl (C=O) groups excluding carboxylic acids is 2. The van der Waals surface area contributed by atoms with Crippen molar-refractivity contribution in [2.45, 2.75) is 39.0 Å². The van der Waals surface area contributed by atoms with Gasteiger partial charge in [0, 0.05) is 18.5 Å². The molecule has 1 saturated heterocycles. The zero-order chi connectivity index (χ0) is 25.3. The summed E-state index contributed by atoms with van der Waals surface area (Å²) in [5.74, 6) is -0.519. The van der Waals surface area contributed by atoms with Gasteiger partial charge in [0.25, 0.3) is 5.91 Å². The summed E-state index contributed by atoms with van der Waals surface area (Å²) >= 11 is 1.30. The minimum Gasteiger partial charge on any atom is -0.466 e. The molecule has 9 heteroatoms. The lowest BCUT2D eigenvalue weighted by Crippen LogP contribution is -2.42. The zero-order valence-corrected chi connectivity index (χ0v) is 21.2. The van der Waals surface area contributed by atoms with Crippen LogP contribution in [0.25, 0.3) is 10.6 Å². The Morgan fingerprint density at radius 3 is 2.61 bits per heavy atom. The molecule has 36 heavy (non-hydrogen) atoms. The average molecular weight is 511 g/mol. The number of carbonyl (C=O) groups is 2. The third-order valence-electron chi connectivity index (χ3n) is 6.20. The largest absolute Gasteiger partial charge is 0.466 e. The number of amides is 1. The highest BCUT2D eigenvalue weighted by atomic mass is 32.1. The van der Waals surface area contributed by atoms with Crippen LogP contribution in [0.1, 0.15) is 48.5 Å². The van der Waals surface area contributed by atoms with Gasteiger partial charge in [-0.1, -0.05) is 61.1 Å². The molecular weight excluding hydrogens is 479 g/mol. The van der Waals surface area contributed by atoms with Gasteiger partial charge in [-0.3, -0.25) is 14.5 Å². The molecule has 4 rings (SSSR count). The van der Waals surface area contributed by atoms with Gasteiger partial charge >= 0.3 is 5.97 Å². The summed E-state index contributed by atoms with van der Waals surface area (Å²) in [7, 11) is 0. The van der Waals surface area contributed by atoms with Gasteiger partial charge in [0.2, 0.25) is 5.13 Å². The number of esters is 1. The van der Waals surface area contributed by atoms with E-state index in [0.29, 0.717) is 42.1 Å². The zero-order valence-electron chi connectivity index (χ0n) is 20.4. The smallest absolute Gasteiger partial charge is 0.306 e. The number of aryl methyl sites for hydroxylation is 1. The number of benzene rings is 2. The van der Waals surface area contributed by atoms with E-state index in [-0.39, 0.29) is 11.5 Å². The normalized spacial score (nSPS) is 13.3. The van der Waals surface area contributed by atoms with Crippen LogP contribution in [-0.4, -0.2) is 48.3 Å². The first-order chi connectivity index (χ1) is 17.5. The molecule has 1 N–H and O–H groups in total. The number of halogens is 1. The second kappa shape index (κ2) is 12.7. The number of nitrogens with one attached hydrogen (secondary N) is 1. The van der Waals surface area contributed by atoms with Gasteiger partial charge in [0.1, 0.15) is 10.8 Å². The van der Waals surface area contributed by atoms with Crippen molar-refractivity contribution in [3.05, 3.63) is 65.5 Å². The van der Waals surface area contributed by atoms with Crippen LogP contribution in [-0.2, 0) is 16.0 Å². The fourth-order valence-electron chi connectivity index (χ4n) is 3.85. The Bertz CT molecular complexity index is 1160. The van der Waals surface area contributed by atoms with E-state index in [9.17, 15) is 14.0 Å². The number of nitrogens with zero attached hydrogens (tertiary/aromatic N) is 3. The van der Waals surface area contributed by atoms with Crippen molar-refractivity contribution in [1.29, 1.82) is 0 Å². The fourth-order valence-corrected chi connectivity index (χ4v) is 4.72. The summed E-state index contributed by atoms with van der Waals surface area (Å²) < 4.78 is 19.6. The molecule has 1 fully saturated rings. The molecule has 0 atom stereocenters. The fraction of sp³-hybridized carbons (Fsp3) is 0.407. The van der Waals surface area contributed by atoms with Crippen LogP contribution in [0.5, 0.6) is 0 Å². The summed E-state index contributed by atoms with van der Waals surface area (Å²) in [5.41, 5.74) is 1.92. The molecule has 0 radical (unpaired) electrons. The van der Waals surface area contributed by atoms with Crippen LogP contribution >= 0.6 is 11.3 Å². The molecular formula is C27H31FN4O3S. The van der Waals surface area contributed by atoms with Crippen molar-refractivity contribution in [1.82, 2.24) is 15.5 Å². The van der Waals surface area contributed by atoms with Crippen LogP contribution in [0.3, 0.4) is 0 Å². The molecule has 1 aliphatic rings. The molecule has 0 saturated carbocycles. The van der Waals surface area contributed by atoms with Crippen molar-refractivity contribution >= 4 is 28.3 Å². The van der Waals surface area contributed by atoms with E-state index in [1.54, 1.807) is 12.1 Å². The summed E-state index contributed by atoms with van der Waals surface area (Å²) in [6, 6.07) is 13.8. The summed E-state index contributed by atoms with van der Waals surface area (Å²) in [6.07, 6.45) is 3.52. The van der Waals surface area contributed by atoms with E-state index in [0.717, 1.165) is 43.5 Å². The third kappa shape index (κ3) is 6.73. The molecule has 1 aromatic heterocycles. The highest BCUT2D eigenvalue weighted by Gasteiger charge is 2.24. The van der Waals surface area contributed by atoms with Crippen molar-refractivity contribution in [3.8, 4) is 10.6 Å². The number of anilines is 1. The number of rotatable bonds is 12. The van der Waals surface area contributed by atoms with Gasteiger partial charge in [-0.05, 0) is 56.0 Å². The average Bonchev–Trinajstić information content (AvgIpc) is 3.35. The van der Waals surface area contributed by atoms with E-state index in [2.05, 4.69) is 15.5 Å². The molecule has 0 unspecified atom stereocenters. The Balaban J connectivity index is 1.36. The Kier molecular flexibility index (Phi) is 9.13. The van der Waals surface area contributed by atoms with Gasteiger partial charge in [-0.2, -0.15) is 0 Å². The minimum atomic E-state index is -0.552.